The fraction of sp³-hybridized carbons (Fsp3) is 0.333. The van der Waals surface area contributed by atoms with Gasteiger partial charge in [-0.05, 0) is 50.5 Å². The highest BCUT2D eigenvalue weighted by molar-refractivity contribution is 5.95. The van der Waals surface area contributed by atoms with Crippen LogP contribution in [0.25, 0.3) is 11.0 Å². The molecular formula is C24H27N3O. The molecule has 3 aromatic rings. The molecule has 1 amide bonds. The average Bonchev–Trinajstić information content (AvgIpc) is 3.02. The summed E-state index contributed by atoms with van der Waals surface area (Å²) in [7, 11) is 0. The van der Waals surface area contributed by atoms with E-state index in [9.17, 15) is 4.79 Å². The van der Waals surface area contributed by atoms with Crippen LogP contribution in [-0.4, -0.2) is 22.0 Å². The molecule has 3 rings (SSSR count). The fourth-order valence-electron chi connectivity index (χ4n) is 3.53. The van der Waals surface area contributed by atoms with Gasteiger partial charge in [0.05, 0.1) is 17.6 Å². The molecule has 1 heterocycles. The quantitative estimate of drug-likeness (QED) is 0.469. The number of nitrogens with one attached hydrogen (secondary N) is 1. The topological polar surface area (TPSA) is 46.9 Å². The molecule has 0 bridgehead atoms. The van der Waals surface area contributed by atoms with Crippen LogP contribution >= 0.6 is 0 Å². The number of nitrogens with zero attached hydrogens (tertiary/aromatic N) is 2. The van der Waals surface area contributed by atoms with Crippen LogP contribution in [0.4, 0.5) is 0 Å². The van der Waals surface area contributed by atoms with E-state index >= 15 is 0 Å². The molecule has 0 aliphatic carbocycles. The lowest BCUT2D eigenvalue weighted by Gasteiger charge is -2.09. The number of carbonyl (C=O) groups excluding carboxylic acids is 1. The predicted octanol–water partition coefficient (Wildman–Crippen LogP) is 4.43. The molecule has 0 saturated heterocycles. The lowest BCUT2D eigenvalue weighted by Crippen LogP contribution is -2.25. The zero-order chi connectivity index (χ0) is 19.9. The van der Waals surface area contributed by atoms with Crippen LogP contribution in [0.1, 0.15) is 46.6 Å². The third-order valence-corrected chi connectivity index (χ3v) is 4.97. The second-order valence-electron chi connectivity index (χ2n) is 7.19. The molecule has 0 aliphatic rings. The van der Waals surface area contributed by atoms with E-state index in [1.807, 2.05) is 50.2 Å². The van der Waals surface area contributed by atoms with Crippen molar-refractivity contribution in [1.82, 2.24) is 14.9 Å². The highest BCUT2D eigenvalue weighted by Gasteiger charge is 2.10. The standard InChI is InChI=1S/C24H27N3O/c1-4-16-27-22-11-8-7-10-21(22)26-23(27)12-6-5-9-15-25-24(28)20-14-13-18(2)17-19(20)3/h1,7-8,10-11,13-14,17H,5-6,9,12,15-16H2,2-3H3,(H,25,28). The van der Waals surface area contributed by atoms with Crippen molar-refractivity contribution in [3.8, 4) is 12.3 Å². The smallest absolute Gasteiger partial charge is 0.251 e. The van der Waals surface area contributed by atoms with Gasteiger partial charge in [0.2, 0.25) is 0 Å². The molecule has 1 aromatic heterocycles. The molecule has 4 heteroatoms. The van der Waals surface area contributed by atoms with Crippen molar-refractivity contribution in [3.63, 3.8) is 0 Å². The second kappa shape index (κ2) is 9.23. The van der Waals surface area contributed by atoms with Gasteiger partial charge < -0.3 is 9.88 Å². The van der Waals surface area contributed by atoms with Crippen molar-refractivity contribution in [2.24, 2.45) is 0 Å². The van der Waals surface area contributed by atoms with E-state index in [0.717, 1.165) is 53.7 Å². The molecule has 0 fully saturated rings. The summed E-state index contributed by atoms with van der Waals surface area (Å²) in [6.07, 6.45) is 9.43. The minimum Gasteiger partial charge on any atom is -0.352 e. The van der Waals surface area contributed by atoms with Crippen LogP contribution in [0.15, 0.2) is 42.5 Å². The predicted molar refractivity (Wildman–Crippen MR) is 114 cm³/mol. The van der Waals surface area contributed by atoms with Crippen molar-refractivity contribution >= 4 is 16.9 Å². The number of carbonyl (C=O) groups is 1. The average molecular weight is 374 g/mol. The molecule has 144 valence electrons. The van der Waals surface area contributed by atoms with Crippen LogP contribution in [0.2, 0.25) is 0 Å². The van der Waals surface area contributed by atoms with Crippen molar-refractivity contribution in [3.05, 3.63) is 65.0 Å². The van der Waals surface area contributed by atoms with E-state index in [-0.39, 0.29) is 5.91 Å². The number of aryl methyl sites for hydroxylation is 3. The number of imidazole rings is 1. The summed E-state index contributed by atoms with van der Waals surface area (Å²) in [5.41, 5.74) is 5.04. The van der Waals surface area contributed by atoms with Crippen molar-refractivity contribution in [1.29, 1.82) is 0 Å². The Morgan fingerprint density at radius 1 is 1.14 bits per heavy atom. The monoisotopic (exact) mass is 373 g/mol. The summed E-state index contributed by atoms with van der Waals surface area (Å²) in [4.78, 5) is 17.0. The third-order valence-electron chi connectivity index (χ3n) is 4.97. The van der Waals surface area contributed by atoms with E-state index in [0.29, 0.717) is 13.1 Å². The van der Waals surface area contributed by atoms with Crippen LogP contribution < -0.4 is 5.32 Å². The Morgan fingerprint density at radius 2 is 1.96 bits per heavy atom. The van der Waals surface area contributed by atoms with Gasteiger partial charge in [0.1, 0.15) is 5.82 Å². The summed E-state index contributed by atoms with van der Waals surface area (Å²) in [6.45, 7) is 5.24. The van der Waals surface area contributed by atoms with Gasteiger partial charge in [0, 0.05) is 18.5 Å². The normalized spacial score (nSPS) is 10.8. The molecule has 0 saturated carbocycles. The lowest BCUT2D eigenvalue weighted by molar-refractivity contribution is 0.0952. The number of fused-ring (bicyclic) bond motifs is 1. The van der Waals surface area contributed by atoms with E-state index < -0.39 is 0 Å². The van der Waals surface area contributed by atoms with E-state index in [2.05, 4.69) is 21.9 Å². The van der Waals surface area contributed by atoms with Crippen LogP contribution in [-0.2, 0) is 13.0 Å². The third kappa shape index (κ3) is 4.61. The number of hydrogen-bond donors (Lipinski definition) is 1. The summed E-state index contributed by atoms with van der Waals surface area (Å²) in [5.74, 6) is 3.77. The lowest BCUT2D eigenvalue weighted by atomic mass is 10.1. The number of benzene rings is 2. The molecule has 0 aliphatic heterocycles. The number of aromatic nitrogens is 2. The van der Waals surface area contributed by atoms with Gasteiger partial charge in [0.25, 0.3) is 5.91 Å². The van der Waals surface area contributed by atoms with Gasteiger partial charge in [-0.3, -0.25) is 4.79 Å². The molecule has 0 atom stereocenters. The molecule has 28 heavy (non-hydrogen) atoms. The Kier molecular flexibility index (Phi) is 6.49. The molecule has 0 radical (unpaired) electrons. The molecule has 0 unspecified atom stereocenters. The first-order chi connectivity index (χ1) is 13.6. The van der Waals surface area contributed by atoms with Crippen LogP contribution in [0, 0.1) is 26.2 Å². The summed E-state index contributed by atoms with van der Waals surface area (Å²) in [5, 5.41) is 3.02. The first-order valence-corrected chi connectivity index (χ1v) is 9.83. The second-order valence-corrected chi connectivity index (χ2v) is 7.19. The minimum absolute atomic E-state index is 0.00770. The number of unbranched alkanes of at least 4 members (excludes halogenated alkanes) is 2. The maximum Gasteiger partial charge on any atom is 0.251 e. The first-order valence-electron chi connectivity index (χ1n) is 9.83. The van der Waals surface area contributed by atoms with Crippen LogP contribution in [0.3, 0.4) is 0 Å². The first kappa shape index (κ1) is 19.7. The Morgan fingerprint density at radius 3 is 2.75 bits per heavy atom. The largest absolute Gasteiger partial charge is 0.352 e. The van der Waals surface area contributed by atoms with Crippen molar-refractivity contribution in [2.45, 2.75) is 46.1 Å². The zero-order valence-corrected chi connectivity index (χ0v) is 16.7. The Balaban J connectivity index is 1.46. The maximum absolute atomic E-state index is 12.3. The van der Waals surface area contributed by atoms with Gasteiger partial charge in [-0.1, -0.05) is 42.2 Å². The van der Waals surface area contributed by atoms with Crippen molar-refractivity contribution in [2.75, 3.05) is 6.54 Å². The maximum atomic E-state index is 12.3. The van der Waals surface area contributed by atoms with Crippen LogP contribution in [0.5, 0.6) is 0 Å². The Labute approximate surface area is 167 Å². The van der Waals surface area contributed by atoms with Gasteiger partial charge in [0.15, 0.2) is 0 Å². The highest BCUT2D eigenvalue weighted by Crippen LogP contribution is 2.17. The Bertz CT molecular complexity index is 1010. The molecule has 4 nitrogen and oxygen atoms in total. The summed E-state index contributed by atoms with van der Waals surface area (Å²) in [6, 6.07) is 14.0. The molecule has 2 aromatic carbocycles. The van der Waals surface area contributed by atoms with E-state index in [4.69, 9.17) is 11.4 Å². The number of rotatable bonds is 8. The SMILES string of the molecule is C#CCn1c(CCCCCNC(=O)c2ccc(C)cc2C)nc2ccccc21. The number of hydrogen-bond acceptors (Lipinski definition) is 2. The number of terminal acetylenes is 1. The molecule has 0 spiro atoms. The highest BCUT2D eigenvalue weighted by atomic mass is 16.1. The van der Waals surface area contributed by atoms with Gasteiger partial charge >= 0.3 is 0 Å². The molecule has 1 N–H and O–H groups in total. The van der Waals surface area contributed by atoms with Gasteiger partial charge in [-0.25, -0.2) is 4.98 Å². The van der Waals surface area contributed by atoms with Gasteiger partial charge in [-0.2, -0.15) is 0 Å². The number of para-hydroxylation sites is 2. The van der Waals surface area contributed by atoms with E-state index in [1.54, 1.807) is 0 Å². The summed E-state index contributed by atoms with van der Waals surface area (Å²) < 4.78 is 2.12. The fourth-order valence-corrected chi connectivity index (χ4v) is 3.53. The summed E-state index contributed by atoms with van der Waals surface area (Å²) >= 11 is 0. The Hall–Kier alpha value is -3.06. The van der Waals surface area contributed by atoms with E-state index in [1.165, 1.54) is 5.56 Å². The van der Waals surface area contributed by atoms with Gasteiger partial charge in [-0.15, -0.1) is 6.42 Å². The number of amides is 1. The molecular weight excluding hydrogens is 346 g/mol. The van der Waals surface area contributed by atoms with Crippen molar-refractivity contribution < 1.29 is 4.79 Å². The minimum atomic E-state index is 0.00770. The zero-order valence-electron chi connectivity index (χ0n) is 16.7.